The summed E-state index contributed by atoms with van der Waals surface area (Å²) in [4.78, 5) is 20.1. The molecule has 35 heavy (non-hydrogen) atoms. The van der Waals surface area contributed by atoms with Gasteiger partial charge in [-0.15, -0.1) is 0 Å². The number of amides is 1. The lowest BCUT2D eigenvalue weighted by Gasteiger charge is -2.32. The number of aromatic nitrogens is 3. The Morgan fingerprint density at radius 2 is 1.63 bits per heavy atom. The topological polar surface area (TPSA) is 61.5 Å². The third kappa shape index (κ3) is 4.80. The van der Waals surface area contributed by atoms with Gasteiger partial charge in [0.2, 0.25) is 0 Å². The first-order chi connectivity index (χ1) is 17.2. The van der Waals surface area contributed by atoms with E-state index in [1.807, 2.05) is 88.9 Å². The predicted molar refractivity (Wildman–Crippen MR) is 135 cm³/mol. The Hall–Kier alpha value is -4.00. The summed E-state index contributed by atoms with van der Waals surface area (Å²) in [5, 5.41) is 0. The van der Waals surface area contributed by atoms with E-state index in [9.17, 15) is 4.79 Å². The fourth-order valence-corrected chi connectivity index (χ4v) is 4.85. The van der Waals surface area contributed by atoms with Gasteiger partial charge in [0, 0.05) is 56.4 Å². The number of para-hydroxylation sites is 1. The summed E-state index contributed by atoms with van der Waals surface area (Å²) in [5.74, 6) is 2.99. The number of hydrogen-bond acceptors (Lipinski definition) is 4. The lowest BCUT2D eigenvalue weighted by atomic mass is 9.95. The van der Waals surface area contributed by atoms with Crippen molar-refractivity contribution in [3.63, 3.8) is 0 Å². The van der Waals surface area contributed by atoms with Gasteiger partial charge in [-0.2, -0.15) is 0 Å². The van der Waals surface area contributed by atoms with Gasteiger partial charge in [-0.3, -0.25) is 4.79 Å². The largest absolute Gasteiger partial charge is 0.497 e. The van der Waals surface area contributed by atoms with E-state index in [0.717, 1.165) is 47.0 Å². The number of imidazole rings is 1. The second kappa shape index (κ2) is 10.1. The summed E-state index contributed by atoms with van der Waals surface area (Å²) >= 11 is 0. The van der Waals surface area contributed by atoms with Crippen LogP contribution in [0.1, 0.15) is 40.5 Å². The Morgan fingerprint density at radius 3 is 2.31 bits per heavy atom. The van der Waals surface area contributed by atoms with Crippen molar-refractivity contribution in [1.82, 2.24) is 19.0 Å². The van der Waals surface area contributed by atoms with E-state index in [-0.39, 0.29) is 5.91 Å². The second-order valence-corrected chi connectivity index (χ2v) is 8.81. The van der Waals surface area contributed by atoms with Gasteiger partial charge in [0.05, 0.1) is 25.5 Å². The molecule has 0 spiro atoms. The van der Waals surface area contributed by atoms with Crippen molar-refractivity contribution < 1.29 is 14.3 Å². The minimum absolute atomic E-state index is 0.0829. The first kappa shape index (κ1) is 22.8. The average Bonchev–Trinajstić information content (AvgIpc) is 3.61. The minimum atomic E-state index is 0.0829. The highest BCUT2D eigenvalue weighted by atomic mass is 16.5. The minimum Gasteiger partial charge on any atom is -0.497 e. The molecule has 7 nitrogen and oxygen atoms in total. The summed E-state index contributed by atoms with van der Waals surface area (Å²) in [5.41, 5.74) is 2.74. The van der Waals surface area contributed by atoms with Gasteiger partial charge in [-0.05, 0) is 54.8 Å². The molecule has 0 atom stereocenters. The molecular formula is C28H30N4O3. The fourth-order valence-electron chi connectivity index (χ4n) is 4.85. The van der Waals surface area contributed by atoms with E-state index in [2.05, 4.69) is 4.57 Å². The van der Waals surface area contributed by atoms with Crippen molar-refractivity contribution in [3.8, 4) is 17.2 Å². The zero-order valence-corrected chi connectivity index (χ0v) is 20.1. The Morgan fingerprint density at radius 1 is 0.943 bits per heavy atom. The molecule has 0 unspecified atom stereocenters. The van der Waals surface area contributed by atoms with Crippen LogP contribution in [0.3, 0.4) is 0 Å². The van der Waals surface area contributed by atoms with Gasteiger partial charge >= 0.3 is 0 Å². The van der Waals surface area contributed by atoms with Crippen LogP contribution in [0.25, 0.3) is 5.69 Å². The molecule has 5 rings (SSSR count). The van der Waals surface area contributed by atoms with Crippen molar-refractivity contribution in [2.24, 2.45) is 0 Å². The van der Waals surface area contributed by atoms with E-state index >= 15 is 0 Å². The molecule has 0 saturated carbocycles. The first-order valence-electron chi connectivity index (χ1n) is 11.9. The van der Waals surface area contributed by atoms with Crippen molar-refractivity contribution >= 4 is 5.91 Å². The van der Waals surface area contributed by atoms with E-state index in [1.54, 1.807) is 14.2 Å². The summed E-state index contributed by atoms with van der Waals surface area (Å²) in [7, 11) is 3.32. The fraction of sp³-hybridized carbons (Fsp3) is 0.286. The van der Waals surface area contributed by atoms with E-state index < -0.39 is 0 Å². The van der Waals surface area contributed by atoms with E-state index in [0.29, 0.717) is 25.6 Å². The molecular weight excluding hydrogens is 440 g/mol. The molecule has 3 heterocycles. The maximum atomic E-state index is 13.4. The van der Waals surface area contributed by atoms with Crippen LogP contribution in [0.2, 0.25) is 0 Å². The number of methoxy groups -OCH3 is 2. The van der Waals surface area contributed by atoms with E-state index in [1.165, 1.54) is 0 Å². The van der Waals surface area contributed by atoms with Crippen LogP contribution < -0.4 is 9.47 Å². The number of rotatable bonds is 7. The zero-order valence-electron chi connectivity index (χ0n) is 20.1. The molecule has 1 amide bonds. The smallest absolute Gasteiger partial charge is 0.255 e. The number of ether oxygens (including phenoxy) is 2. The normalized spacial score (nSPS) is 14.2. The molecule has 1 saturated heterocycles. The molecule has 1 aliphatic heterocycles. The van der Waals surface area contributed by atoms with Crippen molar-refractivity contribution in [1.29, 1.82) is 0 Å². The van der Waals surface area contributed by atoms with Crippen molar-refractivity contribution in [2.45, 2.75) is 25.3 Å². The van der Waals surface area contributed by atoms with Crippen LogP contribution >= 0.6 is 0 Å². The zero-order chi connectivity index (χ0) is 24.2. The number of likely N-dealkylation sites (tertiary alicyclic amines) is 1. The monoisotopic (exact) mass is 470 g/mol. The highest BCUT2D eigenvalue weighted by Gasteiger charge is 2.28. The number of nitrogens with zero attached hydrogens (tertiary/aromatic N) is 4. The second-order valence-electron chi connectivity index (χ2n) is 8.81. The number of hydrogen-bond donors (Lipinski definition) is 0. The maximum absolute atomic E-state index is 13.4. The van der Waals surface area contributed by atoms with Crippen molar-refractivity contribution in [3.05, 3.63) is 96.3 Å². The highest BCUT2D eigenvalue weighted by molar-refractivity contribution is 5.97. The molecule has 1 fully saturated rings. The Kier molecular flexibility index (Phi) is 6.57. The molecule has 2 aromatic heterocycles. The standard InChI is InChI=1S/C28H30N4O3/c1-34-23-17-21(18-24(19-23)35-2)20-32-16-11-29-27(32)22-9-14-31(15-10-22)28(33)25-7-3-4-8-26(25)30-12-5-6-13-30/h3-8,11-13,16-19,22H,9-10,14-15,20H2,1-2H3. The van der Waals surface area contributed by atoms with E-state index in [4.69, 9.17) is 14.5 Å². The number of benzene rings is 2. The Labute approximate surface area is 205 Å². The molecule has 1 aliphatic rings. The number of carbonyl (C=O) groups is 1. The van der Waals surface area contributed by atoms with Gasteiger partial charge in [0.1, 0.15) is 17.3 Å². The Bertz CT molecular complexity index is 1270. The van der Waals surface area contributed by atoms with Gasteiger partial charge in [0.15, 0.2) is 0 Å². The molecule has 2 aromatic carbocycles. The van der Waals surface area contributed by atoms with Gasteiger partial charge in [-0.25, -0.2) is 4.98 Å². The lowest BCUT2D eigenvalue weighted by molar-refractivity contribution is 0.0710. The molecule has 0 bridgehead atoms. The van der Waals surface area contributed by atoms with Crippen LogP contribution in [0.15, 0.2) is 79.4 Å². The van der Waals surface area contributed by atoms with Gasteiger partial charge in [0.25, 0.3) is 5.91 Å². The number of piperidine rings is 1. The molecule has 4 aromatic rings. The van der Waals surface area contributed by atoms with Gasteiger partial charge < -0.3 is 23.5 Å². The number of carbonyl (C=O) groups excluding carboxylic acids is 1. The molecule has 7 heteroatoms. The molecule has 0 N–H and O–H groups in total. The summed E-state index contributed by atoms with van der Waals surface area (Å²) in [6, 6.07) is 17.7. The third-order valence-corrected chi connectivity index (χ3v) is 6.68. The third-order valence-electron chi connectivity index (χ3n) is 6.68. The van der Waals surface area contributed by atoms with Crippen LogP contribution in [-0.2, 0) is 6.54 Å². The molecule has 0 radical (unpaired) electrons. The molecule has 180 valence electrons. The lowest BCUT2D eigenvalue weighted by Crippen LogP contribution is -2.38. The highest BCUT2D eigenvalue weighted by Crippen LogP contribution is 2.30. The summed E-state index contributed by atoms with van der Waals surface area (Å²) < 4.78 is 15.0. The Balaban J connectivity index is 1.28. The maximum Gasteiger partial charge on any atom is 0.255 e. The first-order valence-corrected chi connectivity index (χ1v) is 11.9. The van der Waals surface area contributed by atoms with Crippen molar-refractivity contribution in [2.75, 3.05) is 27.3 Å². The molecule has 0 aliphatic carbocycles. The van der Waals surface area contributed by atoms with Crippen LogP contribution in [0.5, 0.6) is 11.5 Å². The van der Waals surface area contributed by atoms with Gasteiger partial charge in [-0.1, -0.05) is 12.1 Å². The summed E-state index contributed by atoms with van der Waals surface area (Å²) in [6.07, 6.45) is 9.58. The SMILES string of the molecule is COc1cc(Cn2ccnc2C2CCN(C(=O)c3ccccc3-n3cccc3)CC2)cc(OC)c1. The van der Waals surface area contributed by atoms with Crippen LogP contribution in [0, 0.1) is 0 Å². The van der Waals surface area contributed by atoms with Crippen LogP contribution in [0.4, 0.5) is 0 Å². The van der Waals surface area contributed by atoms with Crippen LogP contribution in [-0.4, -0.2) is 52.2 Å². The predicted octanol–water partition coefficient (Wildman–Crippen LogP) is 4.76. The summed E-state index contributed by atoms with van der Waals surface area (Å²) in [6.45, 7) is 2.11. The average molecular weight is 471 g/mol. The quantitative estimate of drug-likeness (QED) is 0.391.